The molecule has 0 aliphatic heterocycles. The van der Waals surface area contributed by atoms with E-state index in [0.29, 0.717) is 27.9 Å². The quantitative estimate of drug-likeness (QED) is 0.796. The molecule has 1 heterocycles. The summed E-state index contributed by atoms with van der Waals surface area (Å²) in [6.07, 6.45) is 0. The van der Waals surface area contributed by atoms with Crippen LogP contribution in [0.3, 0.4) is 0 Å². The molecule has 20 heavy (non-hydrogen) atoms. The number of urea groups is 1. The summed E-state index contributed by atoms with van der Waals surface area (Å²) in [4.78, 5) is 11.9. The number of nitrogen functional groups attached to an aromatic ring is 1. The van der Waals surface area contributed by atoms with Crippen LogP contribution in [0.25, 0.3) is 0 Å². The molecule has 1 aromatic heterocycles. The van der Waals surface area contributed by atoms with Crippen LogP contribution in [0, 0.1) is 13.8 Å². The first-order valence-corrected chi connectivity index (χ1v) is 6.39. The van der Waals surface area contributed by atoms with E-state index in [9.17, 15) is 4.79 Å². The van der Waals surface area contributed by atoms with Crippen LogP contribution in [0.1, 0.15) is 11.3 Å². The van der Waals surface area contributed by atoms with Gasteiger partial charge in [0.05, 0.1) is 11.4 Å². The van der Waals surface area contributed by atoms with Crippen LogP contribution in [0.4, 0.5) is 22.0 Å². The molecule has 2 amide bonds. The first-order chi connectivity index (χ1) is 9.38. The van der Waals surface area contributed by atoms with Crippen molar-refractivity contribution in [3.63, 3.8) is 0 Å². The Hall–Kier alpha value is -2.21. The minimum absolute atomic E-state index is 0.403. The molecular formula is C13H16ClN5O. The van der Waals surface area contributed by atoms with Crippen molar-refractivity contribution in [1.82, 2.24) is 9.78 Å². The van der Waals surface area contributed by atoms with Gasteiger partial charge in [0.15, 0.2) is 5.82 Å². The molecule has 0 unspecified atom stereocenters. The standard InChI is InChI=1S/C13H16ClN5O/c1-7-4-5-9(6-10(7)14)16-13(20)17-12-11(15)8(2)18-19(12)3/h4-6H,15H2,1-3H3,(H2,16,17,20). The highest BCUT2D eigenvalue weighted by Crippen LogP contribution is 2.22. The summed E-state index contributed by atoms with van der Waals surface area (Å²) in [7, 11) is 1.71. The molecule has 2 rings (SSSR count). The number of rotatable bonds is 2. The summed E-state index contributed by atoms with van der Waals surface area (Å²) in [5.41, 5.74) is 8.51. The fraction of sp³-hybridized carbons (Fsp3) is 0.231. The highest BCUT2D eigenvalue weighted by molar-refractivity contribution is 6.31. The minimum atomic E-state index is -0.403. The van der Waals surface area contributed by atoms with Gasteiger partial charge in [-0.05, 0) is 31.5 Å². The molecule has 0 atom stereocenters. The second kappa shape index (κ2) is 5.42. The van der Waals surface area contributed by atoms with E-state index in [1.165, 1.54) is 4.68 Å². The second-order valence-corrected chi connectivity index (χ2v) is 4.92. The lowest BCUT2D eigenvalue weighted by Gasteiger charge is -2.09. The molecule has 0 aliphatic carbocycles. The Morgan fingerprint density at radius 1 is 1.35 bits per heavy atom. The van der Waals surface area contributed by atoms with Crippen molar-refractivity contribution in [2.45, 2.75) is 13.8 Å². The lowest BCUT2D eigenvalue weighted by molar-refractivity contribution is 0.262. The van der Waals surface area contributed by atoms with Crippen LogP contribution in [-0.2, 0) is 7.05 Å². The number of nitrogens with one attached hydrogen (secondary N) is 2. The van der Waals surface area contributed by atoms with Gasteiger partial charge in [0.25, 0.3) is 0 Å². The van der Waals surface area contributed by atoms with Crippen LogP contribution in [0.5, 0.6) is 0 Å². The number of carbonyl (C=O) groups is 1. The van der Waals surface area contributed by atoms with Crippen molar-refractivity contribution in [3.05, 3.63) is 34.5 Å². The van der Waals surface area contributed by atoms with Gasteiger partial charge in [0, 0.05) is 17.8 Å². The molecule has 4 N–H and O–H groups in total. The van der Waals surface area contributed by atoms with E-state index >= 15 is 0 Å². The average molecular weight is 294 g/mol. The zero-order valence-corrected chi connectivity index (χ0v) is 12.2. The van der Waals surface area contributed by atoms with Crippen LogP contribution in [0.2, 0.25) is 5.02 Å². The summed E-state index contributed by atoms with van der Waals surface area (Å²) in [5.74, 6) is 0.457. The molecule has 0 fully saturated rings. The van der Waals surface area contributed by atoms with Gasteiger partial charge in [-0.3, -0.25) is 10.00 Å². The van der Waals surface area contributed by atoms with Gasteiger partial charge in [-0.25, -0.2) is 4.79 Å². The summed E-state index contributed by atoms with van der Waals surface area (Å²) in [5, 5.41) is 10.1. The number of halogens is 1. The molecular weight excluding hydrogens is 278 g/mol. The number of benzene rings is 1. The maximum atomic E-state index is 11.9. The lowest BCUT2D eigenvalue weighted by atomic mass is 10.2. The third-order valence-corrected chi connectivity index (χ3v) is 3.34. The van der Waals surface area contributed by atoms with Crippen LogP contribution in [0.15, 0.2) is 18.2 Å². The molecule has 0 bridgehead atoms. The van der Waals surface area contributed by atoms with Crippen LogP contribution >= 0.6 is 11.6 Å². The zero-order valence-electron chi connectivity index (χ0n) is 11.5. The van der Waals surface area contributed by atoms with Crippen molar-refractivity contribution < 1.29 is 4.79 Å². The maximum Gasteiger partial charge on any atom is 0.324 e. The minimum Gasteiger partial charge on any atom is -0.394 e. The van der Waals surface area contributed by atoms with E-state index < -0.39 is 6.03 Å². The van der Waals surface area contributed by atoms with Gasteiger partial charge < -0.3 is 11.1 Å². The number of carbonyl (C=O) groups excluding carboxylic acids is 1. The SMILES string of the molecule is Cc1ccc(NC(=O)Nc2c(N)c(C)nn2C)cc1Cl. The zero-order chi connectivity index (χ0) is 14.9. The van der Waals surface area contributed by atoms with Gasteiger partial charge in [-0.1, -0.05) is 17.7 Å². The first-order valence-electron chi connectivity index (χ1n) is 6.01. The predicted octanol–water partition coefficient (Wildman–Crippen LogP) is 2.92. The molecule has 1 aromatic carbocycles. The fourth-order valence-corrected chi connectivity index (χ4v) is 1.94. The normalized spacial score (nSPS) is 10.4. The van der Waals surface area contributed by atoms with Gasteiger partial charge in [-0.2, -0.15) is 5.10 Å². The number of aryl methyl sites for hydroxylation is 3. The number of nitrogens with two attached hydrogens (primary N) is 1. The molecule has 0 spiro atoms. The number of anilines is 3. The van der Waals surface area contributed by atoms with E-state index in [0.717, 1.165) is 5.56 Å². The van der Waals surface area contributed by atoms with Crippen molar-refractivity contribution in [1.29, 1.82) is 0 Å². The van der Waals surface area contributed by atoms with Gasteiger partial charge in [0.1, 0.15) is 0 Å². The molecule has 6 nitrogen and oxygen atoms in total. The highest BCUT2D eigenvalue weighted by atomic mass is 35.5. The number of amides is 2. The topological polar surface area (TPSA) is 85.0 Å². The van der Waals surface area contributed by atoms with Gasteiger partial charge >= 0.3 is 6.03 Å². The Kier molecular flexibility index (Phi) is 3.85. The third-order valence-electron chi connectivity index (χ3n) is 2.93. The summed E-state index contributed by atoms with van der Waals surface area (Å²) < 4.78 is 1.52. The van der Waals surface area contributed by atoms with E-state index in [2.05, 4.69) is 15.7 Å². The van der Waals surface area contributed by atoms with Crippen LogP contribution in [-0.4, -0.2) is 15.8 Å². The lowest BCUT2D eigenvalue weighted by Crippen LogP contribution is -2.21. The smallest absolute Gasteiger partial charge is 0.324 e. The van der Waals surface area contributed by atoms with E-state index in [1.54, 1.807) is 26.1 Å². The molecule has 0 saturated heterocycles. The fourth-order valence-electron chi connectivity index (χ4n) is 1.76. The van der Waals surface area contributed by atoms with E-state index in [1.807, 2.05) is 13.0 Å². The molecule has 0 aliphatic rings. The Bertz CT molecular complexity index is 665. The van der Waals surface area contributed by atoms with Crippen LogP contribution < -0.4 is 16.4 Å². The monoisotopic (exact) mass is 293 g/mol. The van der Waals surface area contributed by atoms with Crippen molar-refractivity contribution in [3.8, 4) is 0 Å². The van der Waals surface area contributed by atoms with Gasteiger partial charge in [-0.15, -0.1) is 0 Å². The predicted molar refractivity (Wildman–Crippen MR) is 81.2 cm³/mol. The Morgan fingerprint density at radius 3 is 2.60 bits per heavy atom. The summed E-state index contributed by atoms with van der Waals surface area (Å²) in [6, 6.07) is 4.90. The van der Waals surface area contributed by atoms with Crippen molar-refractivity contribution in [2.24, 2.45) is 7.05 Å². The highest BCUT2D eigenvalue weighted by Gasteiger charge is 2.13. The van der Waals surface area contributed by atoms with Crippen molar-refractivity contribution in [2.75, 3.05) is 16.4 Å². The molecule has 7 heteroatoms. The van der Waals surface area contributed by atoms with E-state index in [4.69, 9.17) is 17.3 Å². The molecule has 106 valence electrons. The largest absolute Gasteiger partial charge is 0.394 e. The van der Waals surface area contributed by atoms with Gasteiger partial charge in [0.2, 0.25) is 0 Å². The van der Waals surface area contributed by atoms with E-state index in [-0.39, 0.29) is 0 Å². The summed E-state index contributed by atoms with van der Waals surface area (Å²) in [6.45, 7) is 3.67. The summed E-state index contributed by atoms with van der Waals surface area (Å²) >= 11 is 6.01. The Morgan fingerprint density at radius 2 is 2.05 bits per heavy atom. The molecule has 0 radical (unpaired) electrons. The number of hydrogen-bond acceptors (Lipinski definition) is 3. The second-order valence-electron chi connectivity index (χ2n) is 4.51. The number of nitrogens with zero attached hydrogens (tertiary/aromatic N) is 2. The average Bonchev–Trinajstić information content (AvgIpc) is 2.61. The Balaban J connectivity index is 2.11. The third kappa shape index (κ3) is 2.85. The number of hydrogen-bond donors (Lipinski definition) is 3. The molecule has 2 aromatic rings. The maximum absolute atomic E-state index is 11.9. The van der Waals surface area contributed by atoms with Crippen molar-refractivity contribution >= 4 is 34.8 Å². The molecule has 0 saturated carbocycles. The Labute approximate surface area is 121 Å². The number of aromatic nitrogens is 2. The first kappa shape index (κ1) is 14.2.